The molecule has 0 radical (unpaired) electrons. The molecule has 13 heteroatoms. The number of carbonyl (C=O) groups excluding carboxylic acids is 1. The Morgan fingerprint density at radius 1 is 1.18 bits per heavy atom. The molecule has 34 heavy (non-hydrogen) atoms. The standard InChI is InChI=1S/C21H15ClF3N5O4/c1-33-13-3-2-4-14(10-13)34-19-18-28-30(20(32)29(18)8-7-26-19)11-17(31)27-16-6-5-12(22)9-15(16)21(23,24)25/h2-10H,11H2,1H3,(H,27,31). The van der Waals surface area contributed by atoms with Gasteiger partial charge in [-0.2, -0.15) is 13.2 Å². The molecule has 176 valence electrons. The van der Waals surface area contributed by atoms with Gasteiger partial charge in [0.2, 0.25) is 11.6 Å². The lowest BCUT2D eigenvalue weighted by Crippen LogP contribution is -2.28. The van der Waals surface area contributed by atoms with Crippen LogP contribution in [0.5, 0.6) is 17.4 Å². The number of carbonyl (C=O) groups is 1. The maximum absolute atomic E-state index is 13.3. The zero-order valence-corrected chi connectivity index (χ0v) is 18.1. The van der Waals surface area contributed by atoms with E-state index in [4.69, 9.17) is 21.1 Å². The van der Waals surface area contributed by atoms with Crippen molar-refractivity contribution >= 4 is 28.8 Å². The van der Waals surface area contributed by atoms with Crippen molar-refractivity contribution in [3.05, 3.63) is 75.9 Å². The second kappa shape index (κ2) is 9.06. The molecule has 9 nitrogen and oxygen atoms in total. The maximum atomic E-state index is 13.3. The highest BCUT2D eigenvalue weighted by molar-refractivity contribution is 6.30. The van der Waals surface area contributed by atoms with Gasteiger partial charge in [-0.25, -0.2) is 18.9 Å². The number of nitrogens with zero attached hydrogens (tertiary/aromatic N) is 4. The van der Waals surface area contributed by atoms with Crippen molar-refractivity contribution in [2.24, 2.45) is 0 Å². The van der Waals surface area contributed by atoms with Gasteiger partial charge in [-0.3, -0.25) is 4.79 Å². The number of hydrogen-bond acceptors (Lipinski definition) is 6. The van der Waals surface area contributed by atoms with Crippen molar-refractivity contribution in [1.82, 2.24) is 19.2 Å². The summed E-state index contributed by atoms with van der Waals surface area (Å²) in [7, 11) is 1.49. The van der Waals surface area contributed by atoms with Crippen LogP contribution in [0.15, 0.2) is 59.7 Å². The fraction of sp³-hybridized carbons (Fsp3) is 0.143. The summed E-state index contributed by atoms with van der Waals surface area (Å²) in [4.78, 5) is 29.2. The van der Waals surface area contributed by atoms with Gasteiger partial charge in [0.1, 0.15) is 18.0 Å². The van der Waals surface area contributed by atoms with Gasteiger partial charge < -0.3 is 14.8 Å². The number of amides is 1. The van der Waals surface area contributed by atoms with E-state index in [1.165, 1.54) is 25.6 Å². The topological polar surface area (TPSA) is 99.8 Å². The first-order valence-corrected chi connectivity index (χ1v) is 9.96. The molecule has 0 atom stereocenters. The molecule has 0 saturated heterocycles. The second-order valence-corrected chi connectivity index (χ2v) is 7.32. The van der Waals surface area contributed by atoms with Crippen LogP contribution < -0.4 is 20.5 Å². The van der Waals surface area contributed by atoms with Gasteiger partial charge in [-0.1, -0.05) is 17.7 Å². The fourth-order valence-electron chi connectivity index (χ4n) is 3.06. The summed E-state index contributed by atoms with van der Waals surface area (Å²) in [6, 6.07) is 9.57. The largest absolute Gasteiger partial charge is 0.497 e. The summed E-state index contributed by atoms with van der Waals surface area (Å²) in [5.41, 5.74) is -2.32. The number of hydrogen-bond donors (Lipinski definition) is 1. The first-order valence-electron chi connectivity index (χ1n) is 9.58. The van der Waals surface area contributed by atoms with Crippen LogP contribution in [-0.2, 0) is 17.5 Å². The minimum atomic E-state index is -4.74. The number of alkyl halides is 3. The SMILES string of the molecule is COc1cccc(Oc2nccn3c(=O)n(CC(=O)Nc4ccc(Cl)cc4C(F)(F)F)nc23)c1. The molecule has 2 heterocycles. The number of fused-ring (bicyclic) bond motifs is 1. The average molecular weight is 494 g/mol. The number of benzene rings is 2. The number of rotatable bonds is 6. The summed E-state index contributed by atoms with van der Waals surface area (Å²) in [5, 5.41) is 6.07. The van der Waals surface area contributed by atoms with E-state index in [1.54, 1.807) is 24.3 Å². The van der Waals surface area contributed by atoms with Crippen LogP contribution >= 0.6 is 11.6 Å². The highest BCUT2D eigenvalue weighted by Crippen LogP contribution is 2.36. The van der Waals surface area contributed by atoms with E-state index in [1.807, 2.05) is 0 Å². The van der Waals surface area contributed by atoms with Crippen LogP contribution in [0.3, 0.4) is 0 Å². The zero-order chi connectivity index (χ0) is 24.5. The minimum Gasteiger partial charge on any atom is -0.497 e. The smallest absolute Gasteiger partial charge is 0.418 e. The van der Waals surface area contributed by atoms with E-state index >= 15 is 0 Å². The number of nitrogens with one attached hydrogen (secondary N) is 1. The summed E-state index contributed by atoms with van der Waals surface area (Å²) >= 11 is 5.65. The normalized spacial score (nSPS) is 11.4. The van der Waals surface area contributed by atoms with Gasteiger partial charge in [0.05, 0.1) is 18.4 Å². The van der Waals surface area contributed by atoms with Crippen molar-refractivity contribution in [2.75, 3.05) is 12.4 Å². The molecule has 0 unspecified atom stereocenters. The van der Waals surface area contributed by atoms with E-state index in [9.17, 15) is 22.8 Å². The molecule has 0 bridgehead atoms. The van der Waals surface area contributed by atoms with E-state index in [2.05, 4.69) is 15.4 Å². The molecule has 2 aromatic carbocycles. The van der Waals surface area contributed by atoms with Crippen molar-refractivity contribution in [2.45, 2.75) is 12.7 Å². The molecule has 1 N–H and O–H groups in total. The van der Waals surface area contributed by atoms with E-state index in [0.717, 1.165) is 15.1 Å². The number of ether oxygens (including phenoxy) is 2. The molecule has 4 aromatic rings. The van der Waals surface area contributed by atoms with Crippen molar-refractivity contribution < 1.29 is 27.4 Å². The van der Waals surface area contributed by atoms with Crippen LogP contribution in [-0.4, -0.2) is 32.2 Å². The van der Waals surface area contributed by atoms with Gasteiger partial charge in [-0.05, 0) is 30.3 Å². The molecule has 0 aliphatic heterocycles. The number of aromatic nitrogens is 4. The predicted octanol–water partition coefficient (Wildman–Crippen LogP) is 4.00. The Morgan fingerprint density at radius 2 is 1.94 bits per heavy atom. The number of halogens is 4. The summed E-state index contributed by atoms with van der Waals surface area (Å²) in [5.74, 6) is -0.0304. The molecule has 1 amide bonds. The molecule has 0 aliphatic rings. The predicted molar refractivity (Wildman–Crippen MR) is 115 cm³/mol. The van der Waals surface area contributed by atoms with Gasteiger partial charge >= 0.3 is 11.9 Å². The van der Waals surface area contributed by atoms with E-state index in [0.29, 0.717) is 17.6 Å². The maximum Gasteiger partial charge on any atom is 0.418 e. The first-order chi connectivity index (χ1) is 16.2. The monoisotopic (exact) mass is 493 g/mol. The molecule has 0 fully saturated rings. The van der Waals surface area contributed by atoms with Gasteiger partial charge in [0.25, 0.3) is 5.88 Å². The quantitative estimate of drug-likeness (QED) is 0.436. The molecule has 4 rings (SSSR count). The van der Waals surface area contributed by atoms with Crippen LogP contribution in [0.1, 0.15) is 5.56 Å². The Balaban J connectivity index is 1.60. The Hall–Kier alpha value is -4.06. The average Bonchev–Trinajstić information content (AvgIpc) is 3.10. The Morgan fingerprint density at radius 3 is 2.68 bits per heavy atom. The number of anilines is 1. The molecular weight excluding hydrogens is 479 g/mol. The van der Waals surface area contributed by atoms with Crippen LogP contribution in [0, 0.1) is 0 Å². The third-order valence-corrected chi connectivity index (χ3v) is 4.81. The Kier molecular flexibility index (Phi) is 6.16. The van der Waals surface area contributed by atoms with Gasteiger partial charge in [0.15, 0.2) is 0 Å². The van der Waals surface area contributed by atoms with Crippen molar-refractivity contribution in [1.29, 1.82) is 0 Å². The summed E-state index contributed by atoms with van der Waals surface area (Å²) in [6.07, 6.45) is -2.12. The van der Waals surface area contributed by atoms with Gasteiger partial charge in [-0.15, -0.1) is 5.10 Å². The Bertz CT molecular complexity index is 1430. The molecule has 0 aliphatic carbocycles. The molecule has 2 aromatic heterocycles. The lowest BCUT2D eigenvalue weighted by atomic mass is 10.1. The second-order valence-electron chi connectivity index (χ2n) is 6.88. The third-order valence-electron chi connectivity index (χ3n) is 4.58. The van der Waals surface area contributed by atoms with E-state index in [-0.39, 0.29) is 16.5 Å². The van der Waals surface area contributed by atoms with Crippen LogP contribution in [0.25, 0.3) is 5.65 Å². The molecule has 0 spiro atoms. The zero-order valence-electron chi connectivity index (χ0n) is 17.3. The highest BCUT2D eigenvalue weighted by atomic mass is 35.5. The van der Waals surface area contributed by atoms with Crippen LogP contribution in [0.2, 0.25) is 5.02 Å². The Labute approximate surface area is 194 Å². The minimum absolute atomic E-state index is 0.00518. The first kappa shape index (κ1) is 23.1. The molecule has 0 saturated carbocycles. The number of methoxy groups -OCH3 is 1. The lowest BCUT2D eigenvalue weighted by molar-refractivity contribution is -0.137. The van der Waals surface area contributed by atoms with Crippen molar-refractivity contribution in [3.63, 3.8) is 0 Å². The lowest BCUT2D eigenvalue weighted by Gasteiger charge is -2.14. The van der Waals surface area contributed by atoms with Gasteiger partial charge in [0, 0.05) is 23.5 Å². The van der Waals surface area contributed by atoms with E-state index < -0.39 is 35.6 Å². The third kappa shape index (κ3) is 4.81. The summed E-state index contributed by atoms with van der Waals surface area (Å²) < 4.78 is 52.5. The summed E-state index contributed by atoms with van der Waals surface area (Å²) in [6.45, 7) is -0.654. The van der Waals surface area contributed by atoms with Crippen LogP contribution in [0.4, 0.5) is 18.9 Å². The van der Waals surface area contributed by atoms with Crippen molar-refractivity contribution in [3.8, 4) is 17.4 Å². The molecular formula is C21H15ClF3N5O4. The fourth-order valence-corrected chi connectivity index (χ4v) is 3.24. The highest BCUT2D eigenvalue weighted by Gasteiger charge is 2.34.